The van der Waals surface area contributed by atoms with E-state index in [0.29, 0.717) is 29.3 Å². The molecular formula is C19H25N3O2S. The molecule has 25 heavy (non-hydrogen) atoms. The highest BCUT2D eigenvalue weighted by molar-refractivity contribution is 7.99. The zero-order valence-corrected chi connectivity index (χ0v) is 15.7. The lowest BCUT2D eigenvalue weighted by molar-refractivity contribution is -0.129. The smallest absolute Gasteiger partial charge is 0.236 e. The average Bonchev–Trinajstić information content (AvgIpc) is 3.11. The van der Waals surface area contributed by atoms with Crippen molar-refractivity contribution in [2.45, 2.75) is 50.8 Å². The van der Waals surface area contributed by atoms with Gasteiger partial charge in [0, 0.05) is 18.7 Å². The second kappa shape index (κ2) is 8.52. The van der Waals surface area contributed by atoms with E-state index in [4.69, 9.17) is 4.52 Å². The summed E-state index contributed by atoms with van der Waals surface area (Å²) >= 11 is 1.53. The van der Waals surface area contributed by atoms with Gasteiger partial charge in [0.25, 0.3) is 0 Å². The minimum absolute atomic E-state index is 0.190. The molecule has 3 rings (SSSR count). The molecule has 0 N–H and O–H groups in total. The molecule has 0 unspecified atom stereocenters. The van der Waals surface area contributed by atoms with Crippen molar-refractivity contribution < 1.29 is 9.32 Å². The number of carbonyl (C=O) groups excluding carboxylic acids is 1. The molecule has 1 aromatic heterocycles. The summed E-state index contributed by atoms with van der Waals surface area (Å²) in [4.78, 5) is 18.7. The van der Waals surface area contributed by atoms with Crippen LogP contribution in [0.15, 0.2) is 28.8 Å². The number of hydrogen-bond donors (Lipinski definition) is 0. The molecule has 0 aliphatic heterocycles. The molecule has 1 fully saturated rings. The molecule has 0 radical (unpaired) electrons. The topological polar surface area (TPSA) is 59.2 Å². The van der Waals surface area contributed by atoms with Crippen molar-refractivity contribution in [3.8, 4) is 11.4 Å². The van der Waals surface area contributed by atoms with Crippen LogP contribution in [0.5, 0.6) is 0 Å². The third-order valence-corrected chi connectivity index (χ3v) is 5.65. The van der Waals surface area contributed by atoms with E-state index < -0.39 is 0 Å². The summed E-state index contributed by atoms with van der Waals surface area (Å²) in [6, 6.07) is 8.44. The summed E-state index contributed by atoms with van der Waals surface area (Å²) in [5, 5.41) is 4.03. The van der Waals surface area contributed by atoms with Gasteiger partial charge in [-0.05, 0) is 19.8 Å². The predicted molar refractivity (Wildman–Crippen MR) is 100 cm³/mol. The minimum atomic E-state index is 0.190. The molecule has 0 bridgehead atoms. The van der Waals surface area contributed by atoms with Gasteiger partial charge < -0.3 is 9.42 Å². The van der Waals surface area contributed by atoms with Crippen LogP contribution >= 0.6 is 11.8 Å². The number of carbonyl (C=O) groups is 1. The lowest BCUT2D eigenvalue weighted by atomic mass is 9.94. The van der Waals surface area contributed by atoms with Crippen molar-refractivity contribution >= 4 is 17.7 Å². The van der Waals surface area contributed by atoms with Gasteiger partial charge in [-0.1, -0.05) is 54.2 Å². The minimum Gasteiger partial charge on any atom is -0.342 e. The van der Waals surface area contributed by atoms with Crippen LogP contribution in [0.1, 0.15) is 43.6 Å². The second-order valence-corrected chi connectivity index (χ2v) is 7.65. The van der Waals surface area contributed by atoms with Gasteiger partial charge in [0.15, 0.2) is 0 Å². The van der Waals surface area contributed by atoms with Crippen LogP contribution in [0.3, 0.4) is 0 Å². The second-order valence-electron chi connectivity index (χ2n) is 6.67. The van der Waals surface area contributed by atoms with Crippen LogP contribution in [-0.2, 0) is 10.5 Å². The number of amides is 1. The maximum absolute atomic E-state index is 12.3. The summed E-state index contributed by atoms with van der Waals surface area (Å²) in [7, 11) is 1.93. The highest BCUT2D eigenvalue weighted by atomic mass is 32.2. The predicted octanol–water partition coefficient (Wildman–Crippen LogP) is 4.07. The van der Waals surface area contributed by atoms with Crippen LogP contribution < -0.4 is 0 Å². The van der Waals surface area contributed by atoms with Crippen molar-refractivity contribution in [2.75, 3.05) is 12.8 Å². The number of rotatable bonds is 6. The highest BCUT2D eigenvalue weighted by Gasteiger charge is 2.22. The molecule has 6 heteroatoms. The van der Waals surface area contributed by atoms with Crippen LogP contribution in [0.2, 0.25) is 0 Å². The van der Waals surface area contributed by atoms with E-state index in [1.807, 2.05) is 43.1 Å². The molecule has 1 aliphatic carbocycles. The Hall–Kier alpha value is -1.82. The Balaban J connectivity index is 1.47. The number of aromatic nitrogens is 2. The van der Waals surface area contributed by atoms with Gasteiger partial charge in [-0.3, -0.25) is 4.79 Å². The zero-order chi connectivity index (χ0) is 17.6. The molecule has 1 saturated carbocycles. The Kier molecular flexibility index (Phi) is 6.13. The van der Waals surface area contributed by atoms with E-state index in [1.54, 1.807) is 0 Å². The Morgan fingerprint density at radius 3 is 2.68 bits per heavy atom. The standard InChI is InChI=1S/C19H25N3O2S/c1-14-8-10-15(11-9-14)19-20-17(24-21-19)12-25-13-18(23)22(2)16-6-4-3-5-7-16/h8-11,16H,3-7,12-13H2,1-2H3. The monoisotopic (exact) mass is 359 g/mol. The molecule has 134 valence electrons. The van der Waals surface area contributed by atoms with E-state index in [2.05, 4.69) is 10.1 Å². The van der Waals surface area contributed by atoms with E-state index in [1.165, 1.54) is 36.6 Å². The van der Waals surface area contributed by atoms with Gasteiger partial charge in [-0.15, -0.1) is 11.8 Å². The van der Waals surface area contributed by atoms with Gasteiger partial charge in [0.05, 0.1) is 11.5 Å². The molecule has 1 amide bonds. The largest absolute Gasteiger partial charge is 0.342 e. The van der Waals surface area contributed by atoms with Crippen molar-refractivity contribution in [3.63, 3.8) is 0 Å². The molecule has 5 nitrogen and oxygen atoms in total. The van der Waals surface area contributed by atoms with Crippen molar-refractivity contribution in [3.05, 3.63) is 35.7 Å². The first-order valence-electron chi connectivity index (χ1n) is 8.86. The third-order valence-electron chi connectivity index (χ3n) is 4.74. The van der Waals surface area contributed by atoms with Gasteiger partial charge in [0.1, 0.15) is 0 Å². The van der Waals surface area contributed by atoms with Crippen LogP contribution in [0.25, 0.3) is 11.4 Å². The van der Waals surface area contributed by atoms with Crippen LogP contribution in [-0.4, -0.2) is 39.8 Å². The van der Waals surface area contributed by atoms with E-state index in [9.17, 15) is 4.79 Å². The Morgan fingerprint density at radius 2 is 1.96 bits per heavy atom. The van der Waals surface area contributed by atoms with Gasteiger partial charge in [-0.2, -0.15) is 4.98 Å². The molecule has 1 aliphatic rings. The number of hydrogen-bond acceptors (Lipinski definition) is 5. The van der Waals surface area contributed by atoms with E-state index >= 15 is 0 Å². The Bertz CT molecular complexity index is 693. The fraction of sp³-hybridized carbons (Fsp3) is 0.526. The number of nitrogens with zero attached hydrogens (tertiary/aromatic N) is 3. The van der Waals surface area contributed by atoms with Crippen molar-refractivity contribution in [1.29, 1.82) is 0 Å². The summed E-state index contributed by atoms with van der Waals surface area (Å²) in [6.07, 6.45) is 6.04. The summed E-state index contributed by atoms with van der Waals surface area (Å²) in [6.45, 7) is 2.05. The number of benzene rings is 1. The van der Waals surface area contributed by atoms with E-state index in [-0.39, 0.29) is 5.91 Å². The lowest BCUT2D eigenvalue weighted by Crippen LogP contribution is -2.39. The molecule has 1 aromatic carbocycles. The molecule has 2 aromatic rings. The fourth-order valence-electron chi connectivity index (χ4n) is 3.13. The maximum Gasteiger partial charge on any atom is 0.236 e. The van der Waals surface area contributed by atoms with Crippen LogP contribution in [0.4, 0.5) is 0 Å². The molecule has 0 spiro atoms. The Labute approximate surface area is 153 Å². The average molecular weight is 359 g/mol. The first-order valence-corrected chi connectivity index (χ1v) is 10.0. The Morgan fingerprint density at radius 1 is 1.24 bits per heavy atom. The van der Waals surface area contributed by atoms with Crippen molar-refractivity contribution in [1.82, 2.24) is 15.0 Å². The lowest BCUT2D eigenvalue weighted by Gasteiger charge is -2.31. The summed E-state index contributed by atoms with van der Waals surface area (Å²) in [5.41, 5.74) is 2.14. The third kappa shape index (κ3) is 4.84. The molecule has 1 heterocycles. The molecule has 0 saturated heterocycles. The van der Waals surface area contributed by atoms with Gasteiger partial charge in [-0.25, -0.2) is 0 Å². The summed E-state index contributed by atoms with van der Waals surface area (Å²) < 4.78 is 5.30. The van der Waals surface area contributed by atoms with Crippen LogP contribution in [0, 0.1) is 6.92 Å². The SMILES string of the molecule is Cc1ccc(-c2noc(CSCC(=O)N(C)C3CCCCC3)n2)cc1. The fourth-order valence-corrected chi connectivity index (χ4v) is 3.91. The molecule has 0 atom stereocenters. The maximum atomic E-state index is 12.3. The highest BCUT2D eigenvalue weighted by Crippen LogP contribution is 2.23. The van der Waals surface area contributed by atoms with Crippen molar-refractivity contribution in [2.24, 2.45) is 0 Å². The van der Waals surface area contributed by atoms with Gasteiger partial charge in [0.2, 0.25) is 17.6 Å². The molecular weight excluding hydrogens is 334 g/mol. The number of aryl methyl sites for hydroxylation is 1. The zero-order valence-electron chi connectivity index (χ0n) is 14.9. The first kappa shape index (κ1) is 18.0. The number of thioether (sulfide) groups is 1. The quantitative estimate of drug-likeness (QED) is 0.778. The first-order chi connectivity index (χ1) is 12.1. The summed E-state index contributed by atoms with van der Waals surface area (Å²) in [5.74, 6) is 2.36. The van der Waals surface area contributed by atoms with E-state index in [0.717, 1.165) is 18.4 Å². The normalized spacial score (nSPS) is 15.3. The van der Waals surface area contributed by atoms with Gasteiger partial charge >= 0.3 is 0 Å².